The van der Waals surface area contributed by atoms with Crippen LogP contribution in [-0.4, -0.2) is 63.6 Å². The van der Waals surface area contributed by atoms with Gasteiger partial charge in [0.25, 0.3) is 15.9 Å². The van der Waals surface area contributed by atoms with E-state index in [2.05, 4.69) is 19.7 Å². The number of carbonyl (C=O) groups excluding carboxylic acids is 1. The molecule has 2 heterocycles. The van der Waals surface area contributed by atoms with Crippen molar-refractivity contribution in [2.75, 3.05) is 54.4 Å². The van der Waals surface area contributed by atoms with Crippen LogP contribution in [0.2, 0.25) is 5.02 Å². The molecule has 0 radical (unpaired) electrons. The Labute approximate surface area is 196 Å². The second-order valence-electron chi connectivity index (χ2n) is 7.75. The average molecular weight is 498 g/mol. The van der Waals surface area contributed by atoms with Gasteiger partial charge in [-0.2, -0.15) is 0 Å². The van der Waals surface area contributed by atoms with E-state index in [1.165, 1.54) is 0 Å². The third-order valence-electron chi connectivity index (χ3n) is 5.50. The van der Waals surface area contributed by atoms with Crippen LogP contribution in [0.4, 0.5) is 17.1 Å². The quantitative estimate of drug-likeness (QED) is 0.440. The minimum Gasteiger partial charge on any atom is -0.505 e. The monoisotopic (exact) mass is 497 g/mol. The highest BCUT2D eigenvalue weighted by Crippen LogP contribution is 2.41. The van der Waals surface area contributed by atoms with Gasteiger partial charge in [-0.25, -0.2) is 8.42 Å². The van der Waals surface area contributed by atoms with Gasteiger partial charge < -0.3 is 30.5 Å². The zero-order valence-corrected chi connectivity index (χ0v) is 19.4. The van der Waals surface area contributed by atoms with Gasteiger partial charge in [-0.15, -0.1) is 0 Å². The molecule has 0 atom stereocenters. The molecule has 4 rings (SSSR count). The van der Waals surface area contributed by atoms with E-state index in [9.17, 15) is 18.3 Å². The zero-order valence-electron chi connectivity index (χ0n) is 17.8. The first-order valence-corrected chi connectivity index (χ1v) is 12.4. The molecule has 0 unspecified atom stereocenters. The molecule has 0 saturated carbocycles. The number of hydrogen-bond acceptors (Lipinski definition) is 7. The average Bonchev–Trinajstić information content (AvgIpc) is 2.77. The maximum Gasteiger partial charge on any atom is 0.264 e. The van der Waals surface area contributed by atoms with Crippen molar-refractivity contribution in [3.8, 4) is 11.5 Å². The number of anilines is 3. The number of nitrogens with zero attached hydrogens (tertiary/aromatic N) is 1. The number of phenols is 1. The Balaban J connectivity index is 1.80. The van der Waals surface area contributed by atoms with Gasteiger partial charge in [0.05, 0.1) is 35.7 Å². The van der Waals surface area contributed by atoms with Crippen LogP contribution in [0.1, 0.15) is 23.2 Å². The van der Waals surface area contributed by atoms with E-state index in [0.717, 1.165) is 31.1 Å². The number of aliphatic hydroxyl groups is 2. The van der Waals surface area contributed by atoms with Crippen LogP contribution in [-0.2, 0) is 10.0 Å². The highest BCUT2D eigenvalue weighted by Gasteiger charge is 2.28. The van der Waals surface area contributed by atoms with Gasteiger partial charge in [0, 0.05) is 13.0 Å². The summed E-state index contributed by atoms with van der Waals surface area (Å²) in [6.07, 6.45) is 1.85. The smallest absolute Gasteiger partial charge is 0.264 e. The Morgan fingerprint density at radius 2 is 2.03 bits per heavy atom. The van der Waals surface area contributed by atoms with Crippen molar-refractivity contribution >= 4 is 44.6 Å². The maximum atomic E-state index is 13.4. The number of amides is 1. The lowest BCUT2D eigenvalue weighted by Crippen LogP contribution is -2.33. The van der Waals surface area contributed by atoms with Crippen molar-refractivity contribution in [1.82, 2.24) is 0 Å². The molecule has 12 heteroatoms. The van der Waals surface area contributed by atoms with E-state index < -0.39 is 27.2 Å². The number of fused-ring (bicyclic) bond motifs is 2. The maximum absolute atomic E-state index is 13.4. The Kier molecular flexibility index (Phi) is 6.73. The van der Waals surface area contributed by atoms with Gasteiger partial charge in [0.1, 0.15) is 34.6 Å². The van der Waals surface area contributed by atoms with Crippen LogP contribution in [0.25, 0.3) is 0 Å². The highest BCUT2D eigenvalue weighted by atomic mass is 35.5. The number of hydrogen-bond donors (Lipinski definition) is 4. The lowest BCUT2D eigenvalue weighted by Gasteiger charge is -2.31. The summed E-state index contributed by atoms with van der Waals surface area (Å²) in [4.78, 5) is 13.6. The van der Waals surface area contributed by atoms with E-state index in [-0.39, 0.29) is 15.6 Å². The summed E-state index contributed by atoms with van der Waals surface area (Å²) in [6, 6.07) is 6.05. The number of benzene rings is 2. The molecule has 0 aromatic heterocycles. The van der Waals surface area contributed by atoms with Crippen molar-refractivity contribution in [3.63, 3.8) is 0 Å². The topological polar surface area (TPSA) is 147 Å². The number of primary amides is 1. The van der Waals surface area contributed by atoms with Crippen molar-refractivity contribution < 1.29 is 27.8 Å². The summed E-state index contributed by atoms with van der Waals surface area (Å²) in [5, 5.41) is 12.9. The molecule has 2 aromatic carbocycles. The second-order valence-corrected chi connectivity index (χ2v) is 9.78. The van der Waals surface area contributed by atoms with E-state index in [0.29, 0.717) is 44.3 Å². The van der Waals surface area contributed by atoms with Crippen LogP contribution < -0.4 is 25.4 Å². The summed E-state index contributed by atoms with van der Waals surface area (Å²) < 4.78 is 39.5. The summed E-state index contributed by atoms with van der Waals surface area (Å²) >= 11 is 6.25. The third-order valence-corrected chi connectivity index (χ3v) is 7.27. The molecule has 178 valence electrons. The molecular weight excluding hydrogens is 472 g/mol. The van der Waals surface area contributed by atoms with Crippen LogP contribution in [0.3, 0.4) is 0 Å². The molecule has 2 aliphatic rings. The number of aromatic hydroxyl groups is 1. The summed E-state index contributed by atoms with van der Waals surface area (Å²) in [6.45, 7) is 3.44. The number of rotatable bonds is 1. The normalized spacial score (nSPS) is 18.3. The molecule has 6 N–H and O–H groups in total. The Hall–Kier alpha value is -2.89. The minimum absolute atomic E-state index is 0.0307. The largest absolute Gasteiger partial charge is 0.505 e. The Morgan fingerprint density at radius 1 is 1.21 bits per heavy atom. The fourth-order valence-corrected chi connectivity index (χ4v) is 5.45. The van der Waals surface area contributed by atoms with E-state index in [1.54, 1.807) is 18.2 Å². The lowest BCUT2D eigenvalue weighted by atomic mass is 10.1. The predicted molar refractivity (Wildman–Crippen MR) is 126 cm³/mol. The molecule has 2 bridgehead atoms. The first-order valence-electron chi connectivity index (χ1n) is 10.5. The number of ether oxygens (including phenoxy) is 2. The van der Waals surface area contributed by atoms with Gasteiger partial charge in [-0.1, -0.05) is 11.6 Å². The van der Waals surface area contributed by atoms with Crippen molar-refractivity contribution in [2.24, 2.45) is 5.73 Å². The van der Waals surface area contributed by atoms with Gasteiger partial charge in [0.15, 0.2) is 6.61 Å². The standard InChI is InChI=1S/C21H25ClN4O6S/c22-18-19-17(12-14(20(18)27)21(23)28)33(29,30)25-13-3-4-16-15(11-13)26(7-10-32-16)6-1-2-8-31-9-5-24-19/h3-4,11-12,24-25,27H,1-2,5-10H2,(H2,23,28)/p+1. The van der Waals surface area contributed by atoms with Crippen LogP contribution in [0.15, 0.2) is 29.2 Å². The molecule has 0 aliphatic carbocycles. The van der Waals surface area contributed by atoms with E-state index >= 15 is 0 Å². The number of nitrogens with one attached hydrogen (secondary N) is 2. The molecule has 10 nitrogen and oxygen atoms in total. The van der Waals surface area contributed by atoms with Crippen molar-refractivity contribution in [3.05, 3.63) is 34.9 Å². The predicted octanol–water partition coefficient (Wildman–Crippen LogP) is 1.88. The third kappa shape index (κ3) is 4.90. The molecule has 0 spiro atoms. The molecule has 1 amide bonds. The minimum atomic E-state index is -4.22. The van der Waals surface area contributed by atoms with Crippen LogP contribution in [0, 0.1) is 0 Å². The molecule has 0 fully saturated rings. The summed E-state index contributed by atoms with van der Waals surface area (Å²) in [5.74, 6) is -0.907. The second kappa shape index (κ2) is 9.54. The van der Waals surface area contributed by atoms with Crippen LogP contribution in [0.5, 0.6) is 11.5 Å². The van der Waals surface area contributed by atoms with Crippen LogP contribution >= 0.6 is 11.6 Å². The zero-order chi connectivity index (χ0) is 23.6. The number of nitrogens with two attached hydrogens (primary N) is 1. The number of halogens is 1. The summed E-state index contributed by atoms with van der Waals surface area (Å²) in [5.41, 5.74) is 6.02. The van der Waals surface area contributed by atoms with Crippen molar-refractivity contribution in [2.45, 2.75) is 17.7 Å². The van der Waals surface area contributed by atoms with Gasteiger partial charge in [0.2, 0.25) is 0 Å². The number of sulfonamides is 1. The molecular formula is C21H26ClN4O6S+. The van der Waals surface area contributed by atoms with E-state index in [1.807, 2.05) is 0 Å². The summed E-state index contributed by atoms with van der Waals surface area (Å²) in [7, 11) is -4.22. The first kappa shape index (κ1) is 23.3. The Bertz CT molecular complexity index is 1170. The molecule has 0 saturated heterocycles. The Morgan fingerprint density at radius 3 is 2.82 bits per heavy atom. The first-order chi connectivity index (χ1) is 15.8. The fourth-order valence-electron chi connectivity index (χ4n) is 3.86. The highest BCUT2D eigenvalue weighted by molar-refractivity contribution is 7.93. The van der Waals surface area contributed by atoms with Gasteiger partial charge in [-0.3, -0.25) is 9.52 Å². The molecule has 33 heavy (non-hydrogen) atoms. The number of carbonyl (C=O) groups is 1. The van der Waals surface area contributed by atoms with E-state index in [4.69, 9.17) is 22.1 Å². The lowest BCUT2D eigenvalue weighted by molar-refractivity contribution is -0.0319. The fraction of sp³-hybridized carbons (Fsp3) is 0.381. The molecule has 2 aromatic rings. The molecule has 2 aliphatic heterocycles. The van der Waals surface area contributed by atoms with Crippen molar-refractivity contribution in [1.29, 1.82) is 0 Å². The SMILES string of the molecule is NC(=O)c1cc2c(c(Cl)c1O)NCC[OH+]CCCCN1CCOc3ccc(cc31)NS2(=O)=O. The van der Waals surface area contributed by atoms with Gasteiger partial charge >= 0.3 is 0 Å². The van der Waals surface area contributed by atoms with Gasteiger partial charge in [-0.05, 0) is 30.7 Å².